The number of benzene rings is 3. The van der Waals surface area contributed by atoms with Gasteiger partial charge in [0.25, 0.3) is 0 Å². The second-order valence-corrected chi connectivity index (χ2v) is 11.4. The third-order valence-corrected chi connectivity index (χ3v) is 9.12. The van der Waals surface area contributed by atoms with E-state index >= 15 is 0 Å². The van der Waals surface area contributed by atoms with Gasteiger partial charge in [-0.05, 0) is 61.6 Å². The summed E-state index contributed by atoms with van der Waals surface area (Å²) in [7, 11) is 5.48. The maximum Gasteiger partial charge on any atom is 0.308 e. The van der Waals surface area contributed by atoms with Crippen molar-refractivity contribution < 1.29 is 19.4 Å². The fourth-order valence-electron chi connectivity index (χ4n) is 6.85. The van der Waals surface area contributed by atoms with Crippen molar-refractivity contribution in [3.05, 3.63) is 95.6 Å². The van der Waals surface area contributed by atoms with Crippen LogP contribution in [0.1, 0.15) is 42.9 Å². The van der Waals surface area contributed by atoms with Crippen molar-refractivity contribution in [3.8, 4) is 5.75 Å². The van der Waals surface area contributed by atoms with Crippen LogP contribution in [-0.4, -0.2) is 62.4 Å². The van der Waals surface area contributed by atoms with Crippen molar-refractivity contribution in [2.45, 2.75) is 43.9 Å². The molecule has 6 nitrogen and oxygen atoms in total. The second kappa shape index (κ2) is 11.0. The van der Waals surface area contributed by atoms with Gasteiger partial charge in [-0.1, -0.05) is 66.7 Å². The number of anilines is 1. The van der Waals surface area contributed by atoms with Gasteiger partial charge < -0.3 is 19.5 Å². The number of aliphatic carboxylic acids is 1. The number of likely N-dealkylation sites (N-methyl/N-ethyl adjacent to an activating group) is 1. The predicted octanol–water partition coefficient (Wildman–Crippen LogP) is 5.62. The summed E-state index contributed by atoms with van der Waals surface area (Å²) in [5.41, 5.74) is 3.88. The van der Waals surface area contributed by atoms with E-state index in [-0.39, 0.29) is 23.9 Å². The first-order chi connectivity index (χ1) is 18.8. The van der Waals surface area contributed by atoms with E-state index in [1.54, 1.807) is 14.2 Å². The van der Waals surface area contributed by atoms with Gasteiger partial charge in [0.2, 0.25) is 0 Å². The molecule has 5 atom stereocenters. The summed E-state index contributed by atoms with van der Waals surface area (Å²) in [5.74, 6) is -0.468. The molecule has 3 aromatic rings. The lowest BCUT2D eigenvalue weighted by molar-refractivity contribution is -0.154. The van der Waals surface area contributed by atoms with Crippen molar-refractivity contribution in [1.29, 1.82) is 0 Å². The highest BCUT2D eigenvalue weighted by molar-refractivity contribution is 5.73. The van der Waals surface area contributed by atoms with Crippen LogP contribution < -0.4 is 9.64 Å². The zero-order valence-corrected chi connectivity index (χ0v) is 23.6. The second-order valence-electron chi connectivity index (χ2n) is 11.4. The van der Waals surface area contributed by atoms with Crippen molar-refractivity contribution in [2.75, 3.05) is 39.3 Å². The van der Waals surface area contributed by atoms with Gasteiger partial charge >= 0.3 is 5.97 Å². The summed E-state index contributed by atoms with van der Waals surface area (Å²) in [5, 5.41) is 10.7. The molecular weight excluding hydrogens is 488 g/mol. The molecule has 1 N–H and O–H groups in total. The van der Waals surface area contributed by atoms with Gasteiger partial charge in [0, 0.05) is 38.7 Å². The van der Waals surface area contributed by atoms with E-state index in [2.05, 4.69) is 71.4 Å². The monoisotopic (exact) mass is 528 g/mol. The number of hydrogen-bond acceptors (Lipinski definition) is 5. The van der Waals surface area contributed by atoms with Gasteiger partial charge in [0.05, 0.1) is 24.3 Å². The Morgan fingerprint density at radius 3 is 2.15 bits per heavy atom. The number of carboxylic acid groups (broad SMARTS) is 1. The summed E-state index contributed by atoms with van der Waals surface area (Å²) in [4.78, 5) is 17.8. The molecule has 3 fully saturated rings. The van der Waals surface area contributed by atoms with Crippen LogP contribution in [0.2, 0.25) is 0 Å². The summed E-state index contributed by atoms with van der Waals surface area (Å²) < 4.78 is 11.5. The standard InChI is InChI=1S/C33H40N2O4/c1-33(2,39-5)24-16-17-28(38-4)26(20-24)34(3)27-21-35-19-18-25(27)30(32(36)37)31(35)29(22-12-8-6-9-13-22)23-14-10-7-11-15-23/h6-17,20,25,27,29-31H,18-19,21H2,1-5H3,(H,36,37)/t25-,27+,30+,31+/m1/s1. The topological polar surface area (TPSA) is 62.2 Å². The Labute approximate surface area is 232 Å². The van der Waals surface area contributed by atoms with E-state index in [0.29, 0.717) is 0 Å². The first-order valence-corrected chi connectivity index (χ1v) is 13.8. The van der Waals surface area contributed by atoms with Crippen molar-refractivity contribution in [1.82, 2.24) is 4.90 Å². The number of carboxylic acids is 1. The molecule has 0 amide bonds. The summed E-state index contributed by atoms with van der Waals surface area (Å²) in [6.45, 7) is 5.79. The van der Waals surface area contributed by atoms with Crippen LogP contribution in [-0.2, 0) is 15.1 Å². The number of rotatable bonds is 9. The lowest BCUT2D eigenvalue weighted by atomic mass is 9.65. The van der Waals surface area contributed by atoms with Crippen LogP contribution in [0.15, 0.2) is 78.9 Å². The van der Waals surface area contributed by atoms with Crippen LogP contribution >= 0.6 is 0 Å². The first kappa shape index (κ1) is 27.2. The molecule has 1 unspecified atom stereocenters. The third kappa shape index (κ3) is 5.04. The Hall–Kier alpha value is -3.35. The molecule has 2 bridgehead atoms. The largest absolute Gasteiger partial charge is 0.495 e. The highest BCUT2D eigenvalue weighted by Gasteiger charge is 2.54. The third-order valence-electron chi connectivity index (χ3n) is 9.12. The van der Waals surface area contributed by atoms with Crippen LogP contribution in [0.3, 0.4) is 0 Å². The fraction of sp³-hybridized carbons (Fsp3) is 0.424. The Morgan fingerprint density at radius 1 is 1.00 bits per heavy atom. The molecule has 0 spiro atoms. The van der Waals surface area contributed by atoms with E-state index in [0.717, 1.165) is 47.6 Å². The minimum atomic E-state index is -0.717. The number of hydrogen-bond donors (Lipinski definition) is 1. The molecule has 0 aliphatic carbocycles. The van der Waals surface area contributed by atoms with Gasteiger partial charge in [-0.3, -0.25) is 9.69 Å². The SMILES string of the molecule is COc1ccc(C(C)(C)OC)cc1N(C)[C@H]1CN2CC[C@H]1[C@H](C(=O)O)[C@@H]2C(c1ccccc1)c1ccccc1. The number of methoxy groups -OCH3 is 2. The van der Waals surface area contributed by atoms with Crippen LogP contribution in [0.4, 0.5) is 5.69 Å². The Kier molecular flexibility index (Phi) is 7.70. The molecule has 3 aliphatic heterocycles. The lowest BCUT2D eigenvalue weighted by Gasteiger charge is -2.57. The molecule has 3 aromatic carbocycles. The average Bonchev–Trinajstić information content (AvgIpc) is 2.97. The quantitative estimate of drug-likeness (QED) is 0.389. The van der Waals surface area contributed by atoms with Crippen molar-refractivity contribution in [2.24, 2.45) is 11.8 Å². The Balaban J connectivity index is 1.54. The molecule has 6 rings (SSSR count). The van der Waals surface area contributed by atoms with E-state index in [1.165, 1.54) is 0 Å². The molecule has 206 valence electrons. The van der Waals surface area contributed by atoms with E-state index in [9.17, 15) is 9.90 Å². The number of fused-ring (bicyclic) bond motifs is 3. The average molecular weight is 529 g/mol. The Morgan fingerprint density at radius 2 is 1.62 bits per heavy atom. The van der Waals surface area contributed by atoms with Crippen LogP contribution in [0.25, 0.3) is 0 Å². The molecular formula is C33H40N2O4. The van der Waals surface area contributed by atoms with Crippen LogP contribution in [0.5, 0.6) is 5.75 Å². The number of carbonyl (C=O) groups is 1. The normalized spacial score (nSPS) is 24.5. The molecule has 0 aromatic heterocycles. The number of ether oxygens (including phenoxy) is 2. The van der Waals surface area contributed by atoms with Gasteiger partial charge in [0.1, 0.15) is 5.75 Å². The highest BCUT2D eigenvalue weighted by Crippen LogP contribution is 2.48. The maximum absolute atomic E-state index is 13.1. The van der Waals surface area contributed by atoms with E-state index in [4.69, 9.17) is 9.47 Å². The summed E-state index contributed by atoms with van der Waals surface area (Å²) in [6, 6.07) is 26.9. The molecule has 3 aliphatic rings. The lowest BCUT2D eigenvalue weighted by Crippen LogP contribution is -2.67. The highest BCUT2D eigenvalue weighted by atomic mass is 16.5. The minimum absolute atomic E-state index is 0.00113. The van der Waals surface area contributed by atoms with Gasteiger partial charge in [-0.2, -0.15) is 0 Å². The molecule has 0 saturated carbocycles. The minimum Gasteiger partial charge on any atom is -0.495 e. The van der Waals surface area contributed by atoms with E-state index < -0.39 is 17.5 Å². The maximum atomic E-state index is 13.1. The predicted molar refractivity (Wildman–Crippen MR) is 155 cm³/mol. The number of piperidine rings is 3. The van der Waals surface area contributed by atoms with Gasteiger partial charge in [-0.15, -0.1) is 0 Å². The molecule has 0 radical (unpaired) electrons. The molecule has 6 heteroatoms. The fourth-order valence-corrected chi connectivity index (χ4v) is 6.85. The zero-order chi connectivity index (χ0) is 27.7. The smallest absolute Gasteiger partial charge is 0.308 e. The molecule has 3 heterocycles. The van der Waals surface area contributed by atoms with Crippen LogP contribution in [0, 0.1) is 11.8 Å². The van der Waals surface area contributed by atoms with Gasteiger partial charge in [-0.25, -0.2) is 0 Å². The van der Waals surface area contributed by atoms with Gasteiger partial charge in [0.15, 0.2) is 0 Å². The zero-order valence-electron chi connectivity index (χ0n) is 23.6. The first-order valence-electron chi connectivity index (χ1n) is 13.8. The van der Waals surface area contributed by atoms with Crippen molar-refractivity contribution in [3.63, 3.8) is 0 Å². The van der Waals surface area contributed by atoms with Crippen molar-refractivity contribution >= 4 is 11.7 Å². The summed E-state index contributed by atoms with van der Waals surface area (Å²) >= 11 is 0. The number of nitrogens with zero attached hydrogens (tertiary/aromatic N) is 2. The molecule has 39 heavy (non-hydrogen) atoms. The summed E-state index contributed by atoms with van der Waals surface area (Å²) in [6.07, 6.45) is 0.852. The molecule has 3 saturated heterocycles. The van der Waals surface area contributed by atoms with E-state index in [1.807, 2.05) is 38.1 Å². The Bertz CT molecular complexity index is 1240.